The number of hydrogen-bond donors (Lipinski definition) is 1. The van der Waals surface area contributed by atoms with E-state index in [2.05, 4.69) is 4.40 Å². The molecule has 2 rings (SSSR count). The van der Waals surface area contributed by atoms with Crippen LogP contribution in [0, 0.1) is 5.92 Å². The van der Waals surface area contributed by atoms with Crippen LogP contribution in [0.3, 0.4) is 0 Å². The Hall–Kier alpha value is -1.58. The fourth-order valence-electron chi connectivity index (χ4n) is 1.55. The summed E-state index contributed by atoms with van der Waals surface area (Å²) in [7, 11) is -4.52. The molecule has 1 saturated carbocycles. The molecule has 0 atom stereocenters. The molecule has 2 aliphatic rings. The molecule has 0 saturated heterocycles. The summed E-state index contributed by atoms with van der Waals surface area (Å²) in [6.45, 7) is -0.0479. The zero-order chi connectivity index (χ0) is 14.4. The zero-order valence-corrected chi connectivity index (χ0v) is 10.2. The molecule has 10 heteroatoms. The molecule has 0 radical (unpaired) electrons. The lowest BCUT2D eigenvalue weighted by Gasteiger charge is -2.24. The minimum Gasteiger partial charge on any atom is -0.478 e. The van der Waals surface area contributed by atoms with Gasteiger partial charge in [-0.2, -0.15) is 21.6 Å². The minimum atomic E-state index is -5.14. The molecule has 106 valence electrons. The van der Waals surface area contributed by atoms with Crippen molar-refractivity contribution in [2.75, 3.05) is 6.54 Å². The van der Waals surface area contributed by atoms with E-state index < -0.39 is 33.6 Å². The lowest BCUT2D eigenvalue weighted by molar-refractivity contribution is -0.132. The lowest BCUT2D eigenvalue weighted by atomic mass is 10.1. The van der Waals surface area contributed by atoms with Crippen molar-refractivity contribution in [2.45, 2.75) is 19.0 Å². The topological polar surface area (TPSA) is 87.0 Å². The second-order valence-corrected chi connectivity index (χ2v) is 5.82. The van der Waals surface area contributed by atoms with Gasteiger partial charge in [0.15, 0.2) is 5.71 Å². The molecule has 0 aromatic rings. The molecule has 1 fully saturated rings. The number of aliphatic carboxylic acids is 1. The standard InChI is InChI=1S/C9H9F3N2O4S/c10-9(11,12)7-6(8(15)16)4-14(3-5-1-2-5)19(17,18)13-7/h4-5H,1-3H2,(H,15,16). The number of carbonyl (C=O) groups is 1. The SMILES string of the molecule is O=C(O)C1=CN(CC2CC2)S(=O)(=O)N=C1C(F)(F)F. The highest BCUT2D eigenvalue weighted by Crippen LogP contribution is 2.33. The fraction of sp³-hybridized carbons (Fsp3) is 0.556. The van der Waals surface area contributed by atoms with Gasteiger partial charge in [0.1, 0.15) is 5.57 Å². The van der Waals surface area contributed by atoms with Crippen LogP contribution >= 0.6 is 0 Å². The highest BCUT2D eigenvalue weighted by molar-refractivity contribution is 7.88. The van der Waals surface area contributed by atoms with Crippen molar-refractivity contribution in [1.29, 1.82) is 0 Å². The Balaban J connectivity index is 2.43. The summed E-state index contributed by atoms with van der Waals surface area (Å²) in [5.41, 5.74) is -3.06. The van der Waals surface area contributed by atoms with Gasteiger partial charge >= 0.3 is 22.4 Å². The maximum atomic E-state index is 12.6. The van der Waals surface area contributed by atoms with Gasteiger partial charge in [-0.1, -0.05) is 0 Å². The van der Waals surface area contributed by atoms with E-state index in [1.807, 2.05) is 0 Å². The van der Waals surface area contributed by atoms with E-state index >= 15 is 0 Å². The van der Waals surface area contributed by atoms with Crippen LogP contribution in [0.15, 0.2) is 16.2 Å². The first-order chi connectivity index (χ1) is 8.61. The maximum absolute atomic E-state index is 12.6. The summed E-state index contributed by atoms with van der Waals surface area (Å²) in [4.78, 5) is 10.8. The number of hydrogen-bond acceptors (Lipinski definition) is 3. The van der Waals surface area contributed by atoms with Crippen molar-refractivity contribution >= 4 is 21.9 Å². The molecule has 0 spiro atoms. The van der Waals surface area contributed by atoms with Crippen molar-refractivity contribution in [1.82, 2.24) is 4.31 Å². The van der Waals surface area contributed by atoms with E-state index in [9.17, 15) is 26.4 Å². The Bertz CT molecular complexity index is 575. The Morgan fingerprint density at radius 3 is 2.47 bits per heavy atom. The molecular formula is C9H9F3N2O4S. The Morgan fingerprint density at radius 2 is 2.05 bits per heavy atom. The molecule has 1 N–H and O–H groups in total. The van der Waals surface area contributed by atoms with Crippen molar-refractivity contribution in [3.8, 4) is 0 Å². The van der Waals surface area contributed by atoms with Crippen molar-refractivity contribution in [3.05, 3.63) is 11.8 Å². The van der Waals surface area contributed by atoms with Gasteiger partial charge in [-0.25, -0.2) is 4.79 Å². The van der Waals surface area contributed by atoms with Gasteiger partial charge in [-0.15, -0.1) is 4.40 Å². The summed E-state index contributed by atoms with van der Waals surface area (Å²) < 4.78 is 64.0. The quantitative estimate of drug-likeness (QED) is 0.839. The molecule has 0 aromatic carbocycles. The molecule has 19 heavy (non-hydrogen) atoms. The average molecular weight is 298 g/mol. The molecule has 0 amide bonds. The van der Waals surface area contributed by atoms with Gasteiger partial charge in [-0.05, 0) is 18.8 Å². The van der Waals surface area contributed by atoms with Crippen LogP contribution in [0.1, 0.15) is 12.8 Å². The largest absolute Gasteiger partial charge is 0.478 e. The third-order valence-corrected chi connectivity index (χ3v) is 3.93. The van der Waals surface area contributed by atoms with Crippen molar-refractivity contribution in [2.24, 2.45) is 10.3 Å². The highest BCUT2D eigenvalue weighted by Gasteiger charge is 2.46. The first-order valence-corrected chi connectivity index (χ1v) is 6.65. The Morgan fingerprint density at radius 1 is 1.47 bits per heavy atom. The molecule has 0 unspecified atom stereocenters. The Labute approximate surface area is 106 Å². The van der Waals surface area contributed by atoms with Crippen LogP contribution < -0.4 is 0 Å². The number of halogens is 3. The van der Waals surface area contributed by atoms with Crippen molar-refractivity contribution in [3.63, 3.8) is 0 Å². The molecular weight excluding hydrogens is 289 g/mol. The smallest absolute Gasteiger partial charge is 0.435 e. The van der Waals surface area contributed by atoms with E-state index in [-0.39, 0.29) is 12.5 Å². The first kappa shape index (κ1) is 13.8. The van der Waals surface area contributed by atoms with E-state index in [4.69, 9.17) is 5.11 Å². The predicted molar refractivity (Wildman–Crippen MR) is 57.6 cm³/mol. The van der Waals surface area contributed by atoms with Gasteiger partial charge in [0.05, 0.1) is 0 Å². The van der Waals surface area contributed by atoms with E-state index in [1.54, 1.807) is 0 Å². The number of alkyl halides is 3. The molecule has 1 aliphatic carbocycles. The average Bonchev–Trinajstić information content (AvgIpc) is 3.02. The normalized spacial score (nSPS) is 22.8. The van der Waals surface area contributed by atoms with E-state index in [0.29, 0.717) is 10.5 Å². The number of rotatable bonds is 3. The van der Waals surface area contributed by atoms with E-state index in [0.717, 1.165) is 12.8 Å². The summed E-state index contributed by atoms with van der Waals surface area (Å²) in [6, 6.07) is 0. The van der Waals surface area contributed by atoms with Gasteiger partial charge in [0.2, 0.25) is 0 Å². The summed E-state index contributed by atoms with van der Waals surface area (Å²) >= 11 is 0. The zero-order valence-electron chi connectivity index (χ0n) is 9.38. The molecule has 0 bridgehead atoms. The van der Waals surface area contributed by atoms with Gasteiger partial charge < -0.3 is 5.11 Å². The second-order valence-electron chi connectivity index (χ2n) is 4.28. The van der Waals surface area contributed by atoms with E-state index in [1.165, 1.54) is 0 Å². The van der Waals surface area contributed by atoms with Crippen LogP contribution in [0.25, 0.3) is 0 Å². The number of carboxylic acid groups (broad SMARTS) is 1. The van der Waals surface area contributed by atoms with Crippen LogP contribution in [-0.2, 0) is 15.0 Å². The van der Waals surface area contributed by atoms with Crippen molar-refractivity contribution < 1.29 is 31.5 Å². The van der Waals surface area contributed by atoms with Crippen LogP contribution in [0.2, 0.25) is 0 Å². The summed E-state index contributed by atoms with van der Waals surface area (Å²) in [5, 5.41) is 8.74. The van der Waals surface area contributed by atoms with Gasteiger partial charge in [-0.3, -0.25) is 4.31 Å². The third-order valence-electron chi connectivity index (χ3n) is 2.67. The lowest BCUT2D eigenvalue weighted by Crippen LogP contribution is -2.39. The number of carboxylic acids is 1. The Kier molecular flexibility index (Phi) is 3.07. The molecule has 1 heterocycles. The summed E-state index contributed by atoms with van der Waals surface area (Å²) in [6.07, 6.45) is -3.12. The molecule has 1 aliphatic heterocycles. The second kappa shape index (κ2) is 4.22. The molecule has 6 nitrogen and oxygen atoms in total. The number of nitrogens with zero attached hydrogens (tertiary/aromatic N) is 2. The predicted octanol–water partition coefficient (Wildman–Crippen LogP) is 0.929. The van der Waals surface area contributed by atoms with Crippen LogP contribution in [0.4, 0.5) is 13.2 Å². The summed E-state index contributed by atoms with van der Waals surface area (Å²) in [5.74, 6) is -1.82. The van der Waals surface area contributed by atoms with Gasteiger partial charge in [0.25, 0.3) is 0 Å². The highest BCUT2D eigenvalue weighted by atomic mass is 32.2. The minimum absolute atomic E-state index is 0.0451. The molecule has 0 aromatic heterocycles. The monoisotopic (exact) mass is 298 g/mol. The third kappa shape index (κ3) is 2.88. The fourth-order valence-corrected chi connectivity index (χ4v) is 2.73. The van der Waals surface area contributed by atoms with Gasteiger partial charge in [0, 0.05) is 12.7 Å². The van der Waals surface area contributed by atoms with Crippen LogP contribution in [-0.4, -0.2) is 42.2 Å². The first-order valence-electron chi connectivity index (χ1n) is 5.25. The maximum Gasteiger partial charge on any atom is 0.435 e. The van der Waals surface area contributed by atoms with Crippen LogP contribution in [0.5, 0.6) is 0 Å².